The minimum Gasteiger partial charge on any atom is -0.492 e. The zero-order valence-corrected chi connectivity index (χ0v) is 35.7. The summed E-state index contributed by atoms with van der Waals surface area (Å²) in [7, 11) is 2.18. The van der Waals surface area contributed by atoms with E-state index in [9.17, 15) is 28.8 Å². The van der Waals surface area contributed by atoms with Gasteiger partial charge in [0.1, 0.15) is 49.2 Å². The number of hydrogen-bond donors (Lipinski definition) is 0. The predicted molar refractivity (Wildman–Crippen MR) is 216 cm³/mol. The second-order valence-electron chi connectivity index (χ2n) is 14.8. The standard InChI is InChI=1S/C45H58F2O13/c1-10-11-12-13-14-16-32-21-35(46)38(36(47)22-32)34-18-19-37(33(23-34)17-15-20-56-39(48)28(2)3)57-24-45(25-58-40(49)29(4)5,26-59-43(52)30(6)41(50)54-8)27-60-44(53)31(7)42(51)55-9/h18-19,21-23,30-31H,2,4,10-17,20,24-27H2,1,3,5-9H3. The number of rotatable bonds is 26. The Bertz CT molecular complexity index is 1790. The van der Waals surface area contributed by atoms with Gasteiger partial charge in [-0.3, -0.25) is 19.2 Å². The van der Waals surface area contributed by atoms with E-state index in [-0.39, 0.29) is 47.5 Å². The molecule has 2 aromatic carbocycles. The molecule has 0 heterocycles. The zero-order valence-electron chi connectivity index (χ0n) is 35.7. The van der Waals surface area contributed by atoms with Crippen molar-refractivity contribution >= 4 is 35.8 Å². The molecule has 0 aliphatic heterocycles. The van der Waals surface area contributed by atoms with Gasteiger partial charge in [0, 0.05) is 11.1 Å². The van der Waals surface area contributed by atoms with E-state index in [0.29, 0.717) is 17.5 Å². The second kappa shape index (κ2) is 25.1. The summed E-state index contributed by atoms with van der Waals surface area (Å²) in [6.07, 6.45) is 5.90. The van der Waals surface area contributed by atoms with Crippen LogP contribution in [0.2, 0.25) is 0 Å². The number of ether oxygens (including phenoxy) is 7. The minimum atomic E-state index is -1.69. The van der Waals surface area contributed by atoms with Gasteiger partial charge in [-0.1, -0.05) is 51.8 Å². The van der Waals surface area contributed by atoms with Crippen LogP contribution in [0, 0.1) is 28.9 Å². The Kier molecular flexibility index (Phi) is 21.2. The maximum Gasteiger partial charge on any atom is 0.333 e. The van der Waals surface area contributed by atoms with E-state index in [1.807, 2.05) is 0 Å². The largest absolute Gasteiger partial charge is 0.492 e. The number of aryl methyl sites for hydroxylation is 2. The average Bonchev–Trinajstić information content (AvgIpc) is 3.22. The summed E-state index contributed by atoms with van der Waals surface area (Å²) in [6.45, 7) is 12.2. The lowest BCUT2D eigenvalue weighted by atomic mass is 9.91. The molecule has 0 aliphatic rings. The molecule has 0 bridgehead atoms. The minimum absolute atomic E-state index is 0.0159. The summed E-state index contributed by atoms with van der Waals surface area (Å²) in [5, 5.41) is 0. The quantitative estimate of drug-likeness (QED) is 0.0303. The van der Waals surface area contributed by atoms with Gasteiger partial charge in [0.15, 0.2) is 11.8 Å². The van der Waals surface area contributed by atoms with Crippen molar-refractivity contribution in [2.45, 2.75) is 86.0 Å². The first kappa shape index (κ1) is 50.5. The molecule has 0 aliphatic carbocycles. The number of halogens is 2. The Balaban J connectivity index is 2.62. The summed E-state index contributed by atoms with van der Waals surface area (Å²) in [4.78, 5) is 74.8. The van der Waals surface area contributed by atoms with E-state index in [2.05, 4.69) is 29.6 Å². The fourth-order valence-electron chi connectivity index (χ4n) is 5.67. The Morgan fingerprint density at radius 2 is 1.17 bits per heavy atom. The van der Waals surface area contributed by atoms with Crippen LogP contribution < -0.4 is 4.74 Å². The van der Waals surface area contributed by atoms with Crippen molar-refractivity contribution in [1.29, 1.82) is 0 Å². The molecule has 2 unspecified atom stereocenters. The fourth-order valence-corrected chi connectivity index (χ4v) is 5.67. The van der Waals surface area contributed by atoms with E-state index in [4.69, 9.17) is 23.7 Å². The van der Waals surface area contributed by atoms with Crippen molar-refractivity contribution in [1.82, 2.24) is 0 Å². The zero-order chi connectivity index (χ0) is 45.0. The molecule has 2 atom stereocenters. The lowest BCUT2D eigenvalue weighted by Gasteiger charge is -2.33. The molecule has 15 heteroatoms. The summed E-state index contributed by atoms with van der Waals surface area (Å²) >= 11 is 0. The van der Waals surface area contributed by atoms with Gasteiger partial charge in [-0.25, -0.2) is 18.4 Å². The maximum absolute atomic E-state index is 15.7. The third-order valence-corrected chi connectivity index (χ3v) is 9.44. The SMILES string of the molecule is C=C(C)C(=O)OCCCc1cc(-c2c(F)cc(CCCCCCC)cc2F)ccc1OCC(COC(=O)C(=C)C)(COC(=O)C(C)C(=O)OC)COC(=O)C(C)C(=O)OC. The number of hydrogen-bond acceptors (Lipinski definition) is 13. The van der Waals surface area contributed by atoms with Crippen LogP contribution in [0.3, 0.4) is 0 Å². The average molecular weight is 845 g/mol. The van der Waals surface area contributed by atoms with Crippen molar-refractivity contribution in [3.8, 4) is 16.9 Å². The molecule has 0 spiro atoms. The van der Waals surface area contributed by atoms with Crippen LogP contribution in [0.5, 0.6) is 5.75 Å². The Labute approximate surface area is 350 Å². The van der Waals surface area contributed by atoms with Crippen LogP contribution in [0.4, 0.5) is 8.78 Å². The van der Waals surface area contributed by atoms with Gasteiger partial charge in [-0.15, -0.1) is 0 Å². The first-order valence-electron chi connectivity index (χ1n) is 19.8. The van der Waals surface area contributed by atoms with Gasteiger partial charge in [-0.2, -0.15) is 0 Å². The molecule has 0 radical (unpaired) electrons. The molecule has 0 saturated carbocycles. The summed E-state index contributed by atoms with van der Waals surface area (Å²) in [5.74, 6) is -9.35. The van der Waals surface area contributed by atoms with Gasteiger partial charge in [-0.05, 0) is 94.3 Å². The molecule has 0 amide bonds. The summed E-state index contributed by atoms with van der Waals surface area (Å²) in [6, 6.07) is 7.09. The molecule has 0 saturated heterocycles. The smallest absolute Gasteiger partial charge is 0.333 e. The van der Waals surface area contributed by atoms with Crippen molar-refractivity contribution in [3.63, 3.8) is 0 Å². The summed E-state index contributed by atoms with van der Waals surface area (Å²) < 4.78 is 68.6. The number of unbranched alkanes of at least 4 members (excludes halogenated alkanes) is 4. The van der Waals surface area contributed by atoms with Crippen molar-refractivity contribution in [2.75, 3.05) is 47.3 Å². The highest BCUT2D eigenvalue weighted by molar-refractivity contribution is 5.95. The molecule has 0 N–H and O–H groups in total. The third-order valence-electron chi connectivity index (χ3n) is 9.44. The van der Waals surface area contributed by atoms with E-state index >= 15 is 8.78 Å². The number of esters is 6. The van der Waals surface area contributed by atoms with Gasteiger partial charge in [0.05, 0.1) is 26.4 Å². The Morgan fingerprint density at radius 3 is 1.68 bits per heavy atom. The molecular formula is C45H58F2O13. The van der Waals surface area contributed by atoms with Crippen molar-refractivity contribution < 1.29 is 70.7 Å². The van der Waals surface area contributed by atoms with Gasteiger partial charge < -0.3 is 33.2 Å². The van der Waals surface area contributed by atoms with Crippen LogP contribution >= 0.6 is 0 Å². The van der Waals surface area contributed by atoms with Crippen LogP contribution in [-0.4, -0.2) is 83.1 Å². The predicted octanol–water partition coefficient (Wildman–Crippen LogP) is 7.39. The van der Waals surface area contributed by atoms with E-state index in [0.717, 1.165) is 46.3 Å². The Hall–Kier alpha value is -5.60. The first-order valence-corrected chi connectivity index (χ1v) is 19.8. The molecule has 0 fully saturated rings. The number of methoxy groups -OCH3 is 2. The number of carbonyl (C=O) groups excluding carboxylic acids is 6. The molecule has 2 aromatic rings. The molecule has 13 nitrogen and oxygen atoms in total. The molecule has 0 aromatic heterocycles. The van der Waals surface area contributed by atoms with Crippen LogP contribution in [0.1, 0.15) is 84.3 Å². The van der Waals surface area contributed by atoms with Crippen molar-refractivity contribution in [2.24, 2.45) is 17.3 Å². The van der Waals surface area contributed by atoms with E-state index in [1.165, 1.54) is 58.0 Å². The number of benzene rings is 2. The van der Waals surface area contributed by atoms with Gasteiger partial charge in [0.2, 0.25) is 0 Å². The normalized spacial score (nSPS) is 12.8. The molecule has 2 rings (SSSR count). The second-order valence-corrected chi connectivity index (χ2v) is 14.8. The lowest BCUT2D eigenvalue weighted by molar-refractivity contribution is -0.170. The maximum atomic E-state index is 15.7. The van der Waals surface area contributed by atoms with Crippen LogP contribution in [0.15, 0.2) is 54.6 Å². The lowest BCUT2D eigenvalue weighted by Crippen LogP contribution is -2.45. The highest BCUT2D eigenvalue weighted by Gasteiger charge is 2.40. The van der Waals surface area contributed by atoms with Crippen LogP contribution in [-0.2, 0) is 70.0 Å². The van der Waals surface area contributed by atoms with E-state index in [1.54, 1.807) is 0 Å². The van der Waals surface area contributed by atoms with Gasteiger partial charge in [0.25, 0.3) is 0 Å². The monoisotopic (exact) mass is 844 g/mol. The first-order chi connectivity index (χ1) is 28.4. The highest BCUT2D eigenvalue weighted by atomic mass is 19.1. The third kappa shape index (κ3) is 15.9. The molecule has 330 valence electrons. The van der Waals surface area contributed by atoms with Crippen LogP contribution in [0.25, 0.3) is 11.1 Å². The Morgan fingerprint density at radius 1 is 0.650 bits per heavy atom. The van der Waals surface area contributed by atoms with Crippen molar-refractivity contribution in [3.05, 3.63) is 77.4 Å². The summed E-state index contributed by atoms with van der Waals surface area (Å²) in [5.41, 5.74) is -0.593. The molecular weight excluding hydrogens is 786 g/mol. The fraction of sp³-hybridized carbons (Fsp3) is 0.511. The topological polar surface area (TPSA) is 167 Å². The number of carbonyl (C=O) groups is 6. The van der Waals surface area contributed by atoms with Gasteiger partial charge >= 0.3 is 35.8 Å². The highest BCUT2D eigenvalue weighted by Crippen LogP contribution is 2.34. The van der Waals surface area contributed by atoms with E-state index < -0.39 is 91.1 Å². The molecule has 60 heavy (non-hydrogen) atoms.